The number of rotatable bonds is 7. The van der Waals surface area contributed by atoms with Crippen LogP contribution in [0.1, 0.15) is 12.5 Å². The molecule has 1 aromatic heterocycles. The first-order chi connectivity index (χ1) is 13.7. The average Bonchev–Trinajstić information content (AvgIpc) is 3.10. The highest BCUT2D eigenvalue weighted by Crippen LogP contribution is 2.24. The van der Waals surface area contributed by atoms with Crippen molar-refractivity contribution in [3.63, 3.8) is 0 Å². The summed E-state index contributed by atoms with van der Waals surface area (Å²) in [7, 11) is 0. The minimum atomic E-state index is -0.493. The molecule has 28 heavy (non-hydrogen) atoms. The van der Waals surface area contributed by atoms with Crippen molar-refractivity contribution in [1.29, 1.82) is 0 Å². The van der Waals surface area contributed by atoms with E-state index in [-0.39, 0.29) is 11.7 Å². The summed E-state index contributed by atoms with van der Waals surface area (Å²) < 4.78 is 7.43. The van der Waals surface area contributed by atoms with Gasteiger partial charge in [0.25, 0.3) is 0 Å². The van der Waals surface area contributed by atoms with Crippen LogP contribution in [-0.2, 0) is 16.1 Å². The molecule has 0 saturated carbocycles. The number of ether oxygens (including phenoxy) is 1. The smallest absolute Gasteiger partial charge is 0.321 e. The van der Waals surface area contributed by atoms with E-state index in [9.17, 15) is 9.59 Å². The summed E-state index contributed by atoms with van der Waals surface area (Å²) in [4.78, 5) is 25.6. The van der Waals surface area contributed by atoms with Crippen LogP contribution in [0, 0.1) is 0 Å². The number of carbonyl (C=O) groups is 2. The number of nitrogens with one attached hydrogen (secondary N) is 2. The number of imide groups is 1. The van der Waals surface area contributed by atoms with Gasteiger partial charge in [-0.2, -0.15) is 0 Å². The van der Waals surface area contributed by atoms with Gasteiger partial charge in [-0.25, -0.2) is 4.79 Å². The number of anilines is 1. The van der Waals surface area contributed by atoms with Crippen molar-refractivity contribution in [2.75, 3.05) is 43.5 Å². The zero-order chi connectivity index (χ0) is 19.8. The molecule has 0 aliphatic carbocycles. The molecular formula is C18H24N6O3S. The summed E-state index contributed by atoms with van der Waals surface area (Å²) in [6.07, 6.45) is 0. The number of amides is 3. The molecule has 9 nitrogen and oxygen atoms in total. The van der Waals surface area contributed by atoms with Crippen LogP contribution in [0.2, 0.25) is 0 Å². The number of benzene rings is 1. The zero-order valence-corrected chi connectivity index (χ0v) is 16.6. The third-order valence-corrected chi connectivity index (χ3v) is 5.06. The molecule has 1 aliphatic rings. The zero-order valence-electron chi connectivity index (χ0n) is 15.8. The van der Waals surface area contributed by atoms with Crippen molar-refractivity contribution in [3.05, 3.63) is 35.9 Å². The lowest BCUT2D eigenvalue weighted by Crippen LogP contribution is -2.40. The summed E-state index contributed by atoms with van der Waals surface area (Å²) in [6.45, 7) is 5.63. The van der Waals surface area contributed by atoms with Gasteiger partial charge in [0.1, 0.15) is 0 Å². The first-order valence-corrected chi connectivity index (χ1v) is 10.2. The molecule has 0 unspecified atom stereocenters. The lowest BCUT2D eigenvalue weighted by molar-refractivity contribution is -0.117. The van der Waals surface area contributed by atoms with Gasteiger partial charge in [-0.1, -0.05) is 42.1 Å². The van der Waals surface area contributed by atoms with Gasteiger partial charge in [0.15, 0.2) is 5.16 Å². The molecule has 1 fully saturated rings. The van der Waals surface area contributed by atoms with Crippen LogP contribution in [0.4, 0.5) is 10.7 Å². The van der Waals surface area contributed by atoms with Crippen LogP contribution in [0.3, 0.4) is 0 Å². The van der Waals surface area contributed by atoms with E-state index in [1.54, 1.807) is 6.92 Å². The van der Waals surface area contributed by atoms with Gasteiger partial charge in [-0.15, -0.1) is 10.2 Å². The van der Waals surface area contributed by atoms with E-state index in [0.29, 0.717) is 31.5 Å². The summed E-state index contributed by atoms with van der Waals surface area (Å²) in [5.74, 6) is 0.463. The van der Waals surface area contributed by atoms with Crippen LogP contribution in [-0.4, -0.2) is 65.3 Å². The highest BCUT2D eigenvalue weighted by Gasteiger charge is 2.21. The third-order valence-electron chi connectivity index (χ3n) is 4.10. The molecule has 1 aromatic carbocycles. The van der Waals surface area contributed by atoms with Gasteiger partial charge in [-0.05, 0) is 12.5 Å². The largest absolute Gasteiger partial charge is 0.378 e. The van der Waals surface area contributed by atoms with Crippen molar-refractivity contribution in [2.45, 2.75) is 18.6 Å². The predicted octanol–water partition coefficient (Wildman–Crippen LogP) is 1.10. The number of urea groups is 1. The van der Waals surface area contributed by atoms with E-state index < -0.39 is 6.03 Å². The van der Waals surface area contributed by atoms with Crippen LogP contribution in [0.15, 0.2) is 35.5 Å². The molecule has 3 rings (SSSR count). The molecule has 1 aliphatic heterocycles. The topological polar surface area (TPSA) is 101 Å². The van der Waals surface area contributed by atoms with Crippen LogP contribution < -0.4 is 15.5 Å². The van der Waals surface area contributed by atoms with E-state index >= 15 is 0 Å². The van der Waals surface area contributed by atoms with Crippen molar-refractivity contribution in [2.24, 2.45) is 0 Å². The fourth-order valence-electron chi connectivity index (χ4n) is 2.79. The fraction of sp³-hybridized carbons (Fsp3) is 0.444. The standard InChI is InChI=1S/C18H24N6O3S/c1-2-19-16(26)20-15(25)13-28-18-22-21-17(23-8-10-27-11-9-23)24(18)12-14-6-4-3-5-7-14/h3-7H,2,8-13H2,1H3,(H2,19,20,25,26). The molecular weight excluding hydrogens is 380 g/mol. The number of nitrogens with zero attached hydrogens (tertiary/aromatic N) is 4. The number of thioether (sulfide) groups is 1. The van der Waals surface area contributed by atoms with Gasteiger partial charge >= 0.3 is 6.03 Å². The third kappa shape index (κ3) is 5.46. The molecule has 2 aromatic rings. The molecule has 10 heteroatoms. The Morgan fingerprint density at radius 3 is 2.64 bits per heavy atom. The molecule has 0 atom stereocenters. The Bertz CT molecular complexity index is 792. The Morgan fingerprint density at radius 1 is 1.18 bits per heavy atom. The van der Waals surface area contributed by atoms with Crippen molar-refractivity contribution in [1.82, 2.24) is 25.4 Å². The summed E-state index contributed by atoms with van der Waals surface area (Å²) in [6, 6.07) is 9.54. The van der Waals surface area contributed by atoms with E-state index in [2.05, 4.69) is 25.7 Å². The monoisotopic (exact) mass is 404 g/mol. The summed E-state index contributed by atoms with van der Waals surface area (Å²) >= 11 is 1.26. The Morgan fingerprint density at radius 2 is 1.93 bits per heavy atom. The Hall–Kier alpha value is -2.59. The van der Waals surface area contributed by atoms with E-state index in [1.807, 2.05) is 34.9 Å². The maximum absolute atomic E-state index is 12.0. The molecule has 150 valence electrons. The minimum absolute atomic E-state index is 0.0766. The van der Waals surface area contributed by atoms with Gasteiger partial charge in [0.05, 0.1) is 25.5 Å². The molecule has 0 radical (unpaired) electrons. The highest BCUT2D eigenvalue weighted by atomic mass is 32.2. The summed E-state index contributed by atoms with van der Waals surface area (Å²) in [5, 5.41) is 14.1. The second-order valence-corrected chi connectivity index (χ2v) is 7.09. The fourth-order valence-corrected chi connectivity index (χ4v) is 3.52. The predicted molar refractivity (Wildman–Crippen MR) is 107 cm³/mol. The Kier molecular flexibility index (Phi) is 7.26. The lowest BCUT2D eigenvalue weighted by atomic mass is 10.2. The van der Waals surface area contributed by atoms with E-state index in [0.717, 1.165) is 24.6 Å². The number of aromatic nitrogens is 3. The van der Waals surface area contributed by atoms with E-state index in [1.165, 1.54) is 11.8 Å². The summed E-state index contributed by atoms with van der Waals surface area (Å²) in [5.41, 5.74) is 1.12. The van der Waals surface area contributed by atoms with Crippen LogP contribution >= 0.6 is 11.8 Å². The lowest BCUT2D eigenvalue weighted by Gasteiger charge is -2.28. The van der Waals surface area contributed by atoms with Crippen molar-refractivity contribution >= 4 is 29.6 Å². The molecule has 1 saturated heterocycles. The first-order valence-electron chi connectivity index (χ1n) is 9.17. The van der Waals surface area contributed by atoms with Gasteiger partial charge in [0, 0.05) is 19.6 Å². The molecule has 0 bridgehead atoms. The van der Waals surface area contributed by atoms with Gasteiger partial charge < -0.3 is 15.0 Å². The maximum atomic E-state index is 12.0. The number of hydrogen-bond donors (Lipinski definition) is 2. The average molecular weight is 404 g/mol. The Labute approximate surface area is 167 Å². The molecule has 2 N–H and O–H groups in total. The number of hydrogen-bond acceptors (Lipinski definition) is 7. The van der Waals surface area contributed by atoms with Crippen LogP contribution in [0.5, 0.6) is 0 Å². The Balaban J connectivity index is 1.73. The second kappa shape index (κ2) is 10.1. The molecule has 2 heterocycles. The highest BCUT2D eigenvalue weighted by molar-refractivity contribution is 7.99. The number of morpholine rings is 1. The van der Waals surface area contributed by atoms with Crippen LogP contribution in [0.25, 0.3) is 0 Å². The SMILES string of the molecule is CCNC(=O)NC(=O)CSc1nnc(N2CCOCC2)n1Cc1ccccc1. The van der Waals surface area contributed by atoms with Crippen molar-refractivity contribution < 1.29 is 14.3 Å². The second-order valence-electron chi connectivity index (χ2n) is 6.15. The molecule has 0 spiro atoms. The maximum Gasteiger partial charge on any atom is 0.321 e. The van der Waals surface area contributed by atoms with Gasteiger partial charge in [-0.3, -0.25) is 14.7 Å². The quantitative estimate of drug-likeness (QED) is 0.667. The molecule has 3 amide bonds. The van der Waals surface area contributed by atoms with Crippen molar-refractivity contribution in [3.8, 4) is 0 Å². The minimum Gasteiger partial charge on any atom is -0.378 e. The number of carbonyl (C=O) groups excluding carboxylic acids is 2. The normalized spacial score (nSPS) is 14.0. The first kappa shape index (κ1) is 20.2. The van der Waals surface area contributed by atoms with Gasteiger partial charge in [0.2, 0.25) is 11.9 Å². The van der Waals surface area contributed by atoms with E-state index in [4.69, 9.17) is 4.74 Å².